The van der Waals surface area contributed by atoms with E-state index < -0.39 is 0 Å². The average Bonchev–Trinajstić information content (AvgIpc) is 2.08. The number of anilines is 1. The monoisotopic (exact) mass is 165 g/mol. The van der Waals surface area contributed by atoms with Gasteiger partial charge in [0.15, 0.2) is 0 Å². The summed E-state index contributed by atoms with van der Waals surface area (Å²) in [5.41, 5.74) is 2.39. The Morgan fingerprint density at radius 3 is 2.67 bits per heavy atom. The highest BCUT2D eigenvalue weighted by molar-refractivity contribution is 5.58. The van der Waals surface area contributed by atoms with E-state index in [2.05, 4.69) is 11.9 Å². The van der Waals surface area contributed by atoms with E-state index in [4.69, 9.17) is 0 Å². The van der Waals surface area contributed by atoms with Crippen molar-refractivity contribution >= 4 is 11.8 Å². The number of hydrogen-bond donors (Lipinski definition) is 1. The second kappa shape index (κ2) is 3.39. The minimum absolute atomic E-state index is 0.238. The van der Waals surface area contributed by atoms with Gasteiger partial charge in [0.2, 0.25) is 0 Å². The molecular formula is C10H12FN. The second-order valence-electron chi connectivity index (χ2n) is 2.64. The minimum Gasteiger partial charge on any atom is -0.386 e. The van der Waals surface area contributed by atoms with Gasteiger partial charge in [-0.2, -0.15) is 0 Å². The van der Waals surface area contributed by atoms with Crippen molar-refractivity contribution in [1.29, 1.82) is 0 Å². The molecule has 0 saturated heterocycles. The molecule has 0 fully saturated rings. The summed E-state index contributed by atoms with van der Waals surface area (Å²) in [6.45, 7) is 5.53. The van der Waals surface area contributed by atoms with Crippen molar-refractivity contribution in [2.45, 2.75) is 6.92 Å². The first-order valence-electron chi connectivity index (χ1n) is 3.79. The Labute approximate surface area is 71.9 Å². The summed E-state index contributed by atoms with van der Waals surface area (Å²) in [5.74, 6) is -0.238. The van der Waals surface area contributed by atoms with E-state index in [0.29, 0.717) is 5.69 Å². The zero-order valence-electron chi connectivity index (χ0n) is 7.32. The Bertz CT molecular complexity index is 305. The molecule has 2 heteroatoms. The maximum atomic E-state index is 13.1. The van der Waals surface area contributed by atoms with Gasteiger partial charge < -0.3 is 5.32 Å². The lowest BCUT2D eigenvalue weighted by Crippen LogP contribution is -1.94. The van der Waals surface area contributed by atoms with Crippen LogP contribution in [0.15, 0.2) is 18.7 Å². The molecule has 0 aliphatic heterocycles. The maximum absolute atomic E-state index is 13.1. The standard InChI is InChI=1S/C10H12FN/c1-4-8-6-9(11)10(12-3)5-7(8)2/h4-6,12H,1H2,2-3H3. The lowest BCUT2D eigenvalue weighted by Gasteiger charge is -2.06. The van der Waals surface area contributed by atoms with Gasteiger partial charge in [-0.3, -0.25) is 0 Å². The molecule has 0 aliphatic carbocycles. The molecule has 0 aromatic heterocycles. The molecule has 1 rings (SSSR count). The van der Waals surface area contributed by atoms with Crippen molar-refractivity contribution < 1.29 is 4.39 Å². The molecule has 1 nitrogen and oxygen atoms in total. The highest BCUT2D eigenvalue weighted by atomic mass is 19.1. The molecule has 0 aliphatic rings. The van der Waals surface area contributed by atoms with Gasteiger partial charge in [0, 0.05) is 7.05 Å². The molecule has 0 radical (unpaired) electrons. The zero-order valence-corrected chi connectivity index (χ0v) is 7.32. The fraction of sp³-hybridized carbons (Fsp3) is 0.200. The SMILES string of the molecule is C=Cc1cc(F)c(NC)cc1C. The normalized spacial score (nSPS) is 9.58. The van der Waals surface area contributed by atoms with E-state index in [-0.39, 0.29) is 5.82 Å². The third kappa shape index (κ3) is 1.47. The first kappa shape index (κ1) is 8.78. The number of rotatable bonds is 2. The number of aryl methyl sites for hydroxylation is 1. The Morgan fingerprint density at radius 1 is 1.50 bits per heavy atom. The van der Waals surface area contributed by atoms with Crippen LogP contribution in [0.25, 0.3) is 6.08 Å². The number of hydrogen-bond acceptors (Lipinski definition) is 1. The molecule has 1 N–H and O–H groups in total. The van der Waals surface area contributed by atoms with Gasteiger partial charge in [0.25, 0.3) is 0 Å². The first-order chi connectivity index (χ1) is 5.69. The van der Waals surface area contributed by atoms with Gasteiger partial charge >= 0.3 is 0 Å². The molecule has 0 heterocycles. The summed E-state index contributed by atoms with van der Waals surface area (Å²) < 4.78 is 13.1. The topological polar surface area (TPSA) is 12.0 Å². The molecule has 0 spiro atoms. The van der Waals surface area contributed by atoms with E-state index in [1.165, 1.54) is 6.07 Å². The van der Waals surface area contributed by atoms with Crippen LogP contribution in [-0.4, -0.2) is 7.05 Å². The van der Waals surface area contributed by atoms with Crippen LogP contribution >= 0.6 is 0 Å². The summed E-state index contributed by atoms with van der Waals surface area (Å²) >= 11 is 0. The van der Waals surface area contributed by atoms with E-state index in [9.17, 15) is 4.39 Å². The molecule has 0 atom stereocenters. The Hall–Kier alpha value is -1.31. The minimum atomic E-state index is -0.238. The highest BCUT2D eigenvalue weighted by Gasteiger charge is 2.02. The first-order valence-corrected chi connectivity index (χ1v) is 3.79. The number of nitrogens with one attached hydrogen (secondary N) is 1. The van der Waals surface area contributed by atoms with Crippen molar-refractivity contribution in [3.8, 4) is 0 Å². The van der Waals surface area contributed by atoms with Gasteiger partial charge in [-0.1, -0.05) is 12.7 Å². The average molecular weight is 165 g/mol. The number of halogens is 1. The van der Waals surface area contributed by atoms with Gasteiger partial charge in [0.1, 0.15) is 5.82 Å². The molecule has 0 saturated carbocycles. The summed E-state index contributed by atoms with van der Waals surface area (Å²) in [7, 11) is 1.70. The van der Waals surface area contributed by atoms with Crippen LogP contribution in [0.1, 0.15) is 11.1 Å². The third-order valence-corrected chi connectivity index (χ3v) is 1.84. The van der Waals surface area contributed by atoms with E-state index >= 15 is 0 Å². The fourth-order valence-corrected chi connectivity index (χ4v) is 1.11. The fourth-order valence-electron chi connectivity index (χ4n) is 1.11. The zero-order chi connectivity index (χ0) is 9.14. The van der Waals surface area contributed by atoms with Gasteiger partial charge in [-0.05, 0) is 30.2 Å². The molecular weight excluding hydrogens is 153 g/mol. The molecule has 0 unspecified atom stereocenters. The lowest BCUT2D eigenvalue weighted by atomic mass is 10.1. The molecule has 64 valence electrons. The summed E-state index contributed by atoms with van der Waals surface area (Å²) in [6.07, 6.45) is 1.65. The summed E-state index contributed by atoms with van der Waals surface area (Å²) in [6, 6.07) is 3.25. The Kier molecular flexibility index (Phi) is 2.48. The molecule has 0 amide bonds. The summed E-state index contributed by atoms with van der Waals surface area (Å²) in [5, 5.41) is 2.78. The van der Waals surface area contributed by atoms with Gasteiger partial charge in [-0.15, -0.1) is 0 Å². The largest absolute Gasteiger partial charge is 0.386 e. The maximum Gasteiger partial charge on any atom is 0.146 e. The van der Waals surface area contributed by atoms with Crippen LogP contribution in [-0.2, 0) is 0 Å². The van der Waals surface area contributed by atoms with Crippen LogP contribution in [0.2, 0.25) is 0 Å². The summed E-state index contributed by atoms with van der Waals surface area (Å²) in [4.78, 5) is 0. The van der Waals surface area contributed by atoms with Crippen molar-refractivity contribution in [2.24, 2.45) is 0 Å². The molecule has 0 bridgehead atoms. The van der Waals surface area contributed by atoms with Crippen molar-refractivity contribution in [1.82, 2.24) is 0 Å². The Balaban J connectivity index is 3.25. The molecule has 1 aromatic carbocycles. The lowest BCUT2D eigenvalue weighted by molar-refractivity contribution is 0.630. The van der Waals surface area contributed by atoms with Crippen LogP contribution in [0.4, 0.5) is 10.1 Å². The van der Waals surface area contributed by atoms with E-state index in [0.717, 1.165) is 11.1 Å². The van der Waals surface area contributed by atoms with Crippen molar-refractivity contribution in [2.75, 3.05) is 12.4 Å². The van der Waals surface area contributed by atoms with E-state index in [1.54, 1.807) is 19.2 Å². The third-order valence-electron chi connectivity index (χ3n) is 1.84. The van der Waals surface area contributed by atoms with Crippen LogP contribution in [0, 0.1) is 12.7 Å². The number of benzene rings is 1. The van der Waals surface area contributed by atoms with Gasteiger partial charge in [-0.25, -0.2) is 4.39 Å². The van der Waals surface area contributed by atoms with Crippen molar-refractivity contribution in [3.05, 3.63) is 35.7 Å². The second-order valence-corrected chi connectivity index (χ2v) is 2.64. The quantitative estimate of drug-likeness (QED) is 0.710. The van der Waals surface area contributed by atoms with Gasteiger partial charge in [0.05, 0.1) is 5.69 Å². The van der Waals surface area contributed by atoms with Crippen LogP contribution in [0.3, 0.4) is 0 Å². The van der Waals surface area contributed by atoms with Crippen LogP contribution in [0.5, 0.6) is 0 Å². The predicted molar refractivity (Wildman–Crippen MR) is 50.8 cm³/mol. The highest BCUT2D eigenvalue weighted by Crippen LogP contribution is 2.19. The molecule has 12 heavy (non-hydrogen) atoms. The Morgan fingerprint density at radius 2 is 2.17 bits per heavy atom. The van der Waals surface area contributed by atoms with E-state index in [1.807, 2.05) is 6.92 Å². The smallest absolute Gasteiger partial charge is 0.146 e. The predicted octanol–water partition coefficient (Wildman–Crippen LogP) is 2.82. The van der Waals surface area contributed by atoms with Crippen LogP contribution < -0.4 is 5.32 Å². The van der Waals surface area contributed by atoms with Crippen molar-refractivity contribution in [3.63, 3.8) is 0 Å². The molecule has 1 aromatic rings.